The van der Waals surface area contributed by atoms with Crippen LogP contribution >= 0.6 is 0 Å². The molecule has 9 nitrogen and oxygen atoms in total. The summed E-state index contributed by atoms with van der Waals surface area (Å²) in [6.07, 6.45) is 0.263. The van der Waals surface area contributed by atoms with E-state index in [0.717, 1.165) is 70.9 Å². The Hall–Kier alpha value is -2.20. The topological polar surface area (TPSA) is 107 Å². The molecule has 31 heavy (non-hydrogen) atoms. The highest BCUT2D eigenvalue weighted by atomic mass is 16.5. The van der Waals surface area contributed by atoms with Crippen molar-refractivity contribution in [2.45, 2.75) is 26.0 Å². The van der Waals surface area contributed by atoms with Crippen LogP contribution in [0.1, 0.15) is 18.9 Å². The van der Waals surface area contributed by atoms with Crippen molar-refractivity contribution >= 4 is 12.0 Å². The lowest BCUT2D eigenvalue weighted by molar-refractivity contribution is -0.122. The van der Waals surface area contributed by atoms with Crippen molar-refractivity contribution in [2.24, 2.45) is 0 Å². The van der Waals surface area contributed by atoms with Gasteiger partial charge in [0.2, 0.25) is 5.91 Å². The molecule has 0 unspecified atom stereocenters. The second-order valence-corrected chi connectivity index (χ2v) is 7.66. The van der Waals surface area contributed by atoms with Gasteiger partial charge < -0.3 is 36.2 Å². The van der Waals surface area contributed by atoms with Gasteiger partial charge in [-0.1, -0.05) is 30.3 Å². The Balaban J connectivity index is 1.59. The van der Waals surface area contributed by atoms with E-state index in [2.05, 4.69) is 31.5 Å². The number of ether oxygens (including phenoxy) is 1. The predicted molar refractivity (Wildman–Crippen MR) is 122 cm³/mol. The molecule has 0 radical (unpaired) electrons. The summed E-state index contributed by atoms with van der Waals surface area (Å²) in [6.45, 7) is 11.1. The number of nitrogens with zero attached hydrogens (tertiary/aromatic N) is 1. The smallest absolute Gasteiger partial charge is 0.408 e. The summed E-state index contributed by atoms with van der Waals surface area (Å²) in [5, 5.41) is 15.8. The average molecular weight is 435 g/mol. The molecule has 1 aliphatic rings. The van der Waals surface area contributed by atoms with Crippen LogP contribution in [0, 0.1) is 0 Å². The van der Waals surface area contributed by atoms with E-state index in [0.29, 0.717) is 6.54 Å². The zero-order valence-corrected chi connectivity index (χ0v) is 18.6. The first kappa shape index (κ1) is 25.1. The highest BCUT2D eigenvalue weighted by Gasteiger charge is 2.16. The molecule has 9 heteroatoms. The lowest BCUT2D eigenvalue weighted by atomic mass is 10.2. The molecule has 0 aliphatic carbocycles. The highest BCUT2D eigenvalue weighted by Crippen LogP contribution is 2.00. The first-order chi connectivity index (χ1) is 15.1. The lowest BCUT2D eigenvalue weighted by Gasteiger charge is -2.24. The standard InChI is InChI=1S/C22H38N6O3/c1-19(27-22(30)31-18-20-6-3-2-4-7-20)21(29)26-8-5-15-28-16-13-24-11-9-23-10-12-25-14-17-28/h2-4,6-7,19,23-25H,5,8-18H2,1H3,(H,26,29)(H,27,30)/t19-/m0/s1. The van der Waals surface area contributed by atoms with Crippen LogP contribution in [0.15, 0.2) is 30.3 Å². The quantitative estimate of drug-likeness (QED) is 0.364. The summed E-state index contributed by atoms with van der Waals surface area (Å²) in [4.78, 5) is 26.5. The van der Waals surface area contributed by atoms with E-state index in [9.17, 15) is 9.59 Å². The molecule has 5 N–H and O–H groups in total. The second kappa shape index (κ2) is 15.6. The molecule has 0 bridgehead atoms. The Morgan fingerprint density at radius 1 is 1.00 bits per heavy atom. The first-order valence-corrected chi connectivity index (χ1v) is 11.2. The Morgan fingerprint density at radius 3 is 2.26 bits per heavy atom. The van der Waals surface area contributed by atoms with Crippen molar-refractivity contribution in [2.75, 3.05) is 65.4 Å². The molecule has 0 spiro atoms. The van der Waals surface area contributed by atoms with Crippen LogP contribution in [0.3, 0.4) is 0 Å². The number of hydrogen-bond donors (Lipinski definition) is 5. The number of carbonyl (C=O) groups excluding carboxylic acids is 2. The summed E-state index contributed by atoms with van der Waals surface area (Å²) in [7, 11) is 0. The summed E-state index contributed by atoms with van der Waals surface area (Å²) >= 11 is 0. The third kappa shape index (κ3) is 11.7. The Bertz CT molecular complexity index is 619. The normalized spacial score (nSPS) is 17.6. The third-order valence-corrected chi connectivity index (χ3v) is 5.06. The van der Waals surface area contributed by atoms with Gasteiger partial charge in [-0.15, -0.1) is 0 Å². The zero-order chi connectivity index (χ0) is 22.2. The van der Waals surface area contributed by atoms with Gasteiger partial charge in [-0.25, -0.2) is 4.79 Å². The largest absolute Gasteiger partial charge is 0.445 e. The van der Waals surface area contributed by atoms with Crippen LogP contribution in [-0.4, -0.2) is 88.4 Å². The number of hydrogen-bond acceptors (Lipinski definition) is 7. The van der Waals surface area contributed by atoms with Gasteiger partial charge in [-0.05, 0) is 25.5 Å². The number of rotatable bonds is 8. The summed E-state index contributed by atoms with van der Waals surface area (Å²) in [6, 6.07) is 8.79. The van der Waals surface area contributed by atoms with E-state index in [1.54, 1.807) is 6.92 Å². The van der Waals surface area contributed by atoms with E-state index in [1.165, 1.54) is 0 Å². The molecule has 174 valence electrons. The molecule has 1 aromatic rings. The van der Waals surface area contributed by atoms with Crippen molar-refractivity contribution < 1.29 is 14.3 Å². The Morgan fingerprint density at radius 2 is 1.61 bits per heavy atom. The van der Waals surface area contributed by atoms with Gasteiger partial charge in [-0.3, -0.25) is 4.79 Å². The second-order valence-electron chi connectivity index (χ2n) is 7.66. The number of nitrogens with one attached hydrogen (secondary N) is 5. The van der Waals surface area contributed by atoms with Crippen molar-refractivity contribution in [1.29, 1.82) is 0 Å². The van der Waals surface area contributed by atoms with E-state index in [4.69, 9.17) is 4.74 Å². The molecule has 1 atom stereocenters. The van der Waals surface area contributed by atoms with Gasteiger partial charge >= 0.3 is 6.09 Å². The molecule has 1 aromatic carbocycles. The summed E-state index contributed by atoms with van der Waals surface area (Å²) < 4.78 is 5.16. The number of carbonyl (C=O) groups is 2. The summed E-state index contributed by atoms with van der Waals surface area (Å²) in [5.74, 6) is -0.207. The fourth-order valence-corrected chi connectivity index (χ4v) is 3.21. The molecule has 0 aromatic heterocycles. The highest BCUT2D eigenvalue weighted by molar-refractivity contribution is 5.85. The van der Waals surface area contributed by atoms with Crippen LogP contribution in [0.2, 0.25) is 0 Å². The van der Waals surface area contributed by atoms with Gasteiger partial charge in [0.05, 0.1) is 0 Å². The van der Waals surface area contributed by atoms with Crippen molar-refractivity contribution in [1.82, 2.24) is 31.5 Å². The van der Waals surface area contributed by atoms with Crippen LogP contribution in [0.4, 0.5) is 4.79 Å². The molecule has 0 saturated carbocycles. The SMILES string of the molecule is C[C@H](NC(=O)OCc1ccccc1)C(=O)NCCCN1CCNCCNCCNCC1. The van der Waals surface area contributed by atoms with Crippen molar-refractivity contribution in [3.8, 4) is 0 Å². The molecule has 1 heterocycles. The molecular weight excluding hydrogens is 396 g/mol. The third-order valence-electron chi connectivity index (χ3n) is 5.06. The predicted octanol–water partition coefficient (Wildman–Crippen LogP) is -0.108. The van der Waals surface area contributed by atoms with Gasteiger partial charge in [0.25, 0.3) is 0 Å². The minimum atomic E-state index is -0.646. The minimum absolute atomic E-state index is 0.178. The maximum atomic E-state index is 12.2. The molecule has 1 saturated heterocycles. The van der Waals surface area contributed by atoms with Gasteiger partial charge in [0, 0.05) is 58.9 Å². The molecule has 1 aliphatic heterocycles. The fraction of sp³-hybridized carbons (Fsp3) is 0.636. The molecule has 2 amide bonds. The molecular formula is C22H38N6O3. The average Bonchev–Trinajstić information content (AvgIpc) is 2.77. The van der Waals surface area contributed by atoms with Crippen LogP contribution in [-0.2, 0) is 16.1 Å². The van der Waals surface area contributed by atoms with E-state index in [-0.39, 0.29) is 12.5 Å². The van der Waals surface area contributed by atoms with Gasteiger partial charge in [-0.2, -0.15) is 0 Å². The lowest BCUT2D eigenvalue weighted by Crippen LogP contribution is -2.46. The zero-order valence-electron chi connectivity index (χ0n) is 18.6. The monoisotopic (exact) mass is 434 g/mol. The van der Waals surface area contributed by atoms with Crippen molar-refractivity contribution in [3.05, 3.63) is 35.9 Å². The van der Waals surface area contributed by atoms with E-state index >= 15 is 0 Å². The molecule has 1 fully saturated rings. The minimum Gasteiger partial charge on any atom is -0.445 e. The van der Waals surface area contributed by atoms with E-state index in [1.807, 2.05) is 30.3 Å². The first-order valence-electron chi connectivity index (χ1n) is 11.2. The maximum Gasteiger partial charge on any atom is 0.408 e. The summed E-state index contributed by atoms with van der Waals surface area (Å²) in [5.41, 5.74) is 0.901. The van der Waals surface area contributed by atoms with Crippen LogP contribution in [0.25, 0.3) is 0 Å². The number of benzene rings is 1. The van der Waals surface area contributed by atoms with Crippen molar-refractivity contribution in [3.63, 3.8) is 0 Å². The maximum absolute atomic E-state index is 12.2. The van der Waals surface area contributed by atoms with Crippen LogP contribution < -0.4 is 26.6 Å². The number of amides is 2. The Labute approximate surface area is 185 Å². The fourth-order valence-electron chi connectivity index (χ4n) is 3.21. The van der Waals surface area contributed by atoms with Gasteiger partial charge in [0.1, 0.15) is 12.6 Å². The van der Waals surface area contributed by atoms with Gasteiger partial charge in [0.15, 0.2) is 0 Å². The van der Waals surface area contributed by atoms with E-state index < -0.39 is 12.1 Å². The number of alkyl carbamates (subject to hydrolysis) is 1. The Kier molecular flexibility index (Phi) is 12.6. The van der Waals surface area contributed by atoms with Crippen LogP contribution in [0.5, 0.6) is 0 Å². The molecule has 2 rings (SSSR count).